The van der Waals surface area contributed by atoms with Gasteiger partial charge in [0.25, 0.3) is 0 Å². The summed E-state index contributed by atoms with van der Waals surface area (Å²) >= 11 is 8.70. The van der Waals surface area contributed by atoms with Gasteiger partial charge in [0.15, 0.2) is 0 Å². The lowest BCUT2D eigenvalue weighted by atomic mass is 10.3. The standard InChI is InChI=1S/C12H11Br2NOS/c1-16-8-2-4-10(13)11(6-8)15-7-9-3-5-12(14)17-9/h2-6,15H,7H2,1H3. The van der Waals surface area contributed by atoms with Crippen molar-refractivity contribution in [2.24, 2.45) is 0 Å². The Balaban J connectivity index is 2.07. The minimum Gasteiger partial charge on any atom is -0.497 e. The molecule has 0 radical (unpaired) electrons. The lowest BCUT2D eigenvalue weighted by Crippen LogP contribution is -1.98. The number of nitrogens with one attached hydrogen (secondary N) is 1. The van der Waals surface area contributed by atoms with Gasteiger partial charge in [-0.05, 0) is 56.1 Å². The average Bonchev–Trinajstić information content (AvgIpc) is 2.74. The van der Waals surface area contributed by atoms with Crippen molar-refractivity contribution >= 4 is 48.9 Å². The smallest absolute Gasteiger partial charge is 0.121 e. The van der Waals surface area contributed by atoms with E-state index in [4.69, 9.17) is 4.74 Å². The highest BCUT2D eigenvalue weighted by atomic mass is 79.9. The van der Waals surface area contributed by atoms with Crippen LogP contribution in [0.15, 0.2) is 38.6 Å². The van der Waals surface area contributed by atoms with Gasteiger partial charge in [0.1, 0.15) is 5.75 Å². The Labute approximate surface area is 121 Å². The zero-order valence-corrected chi connectivity index (χ0v) is 13.2. The second kappa shape index (κ2) is 5.89. The fourth-order valence-electron chi connectivity index (χ4n) is 1.40. The lowest BCUT2D eigenvalue weighted by molar-refractivity contribution is 0.415. The van der Waals surface area contributed by atoms with Gasteiger partial charge in [0.2, 0.25) is 0 Å². The van der Waals surface area contributed by atoms with Crippen LogP contribution in [0, 0.1) is 0 Å². The molecule has 17 heavy (non-hydrogen) atoms. The number of rotatable bonds is 4. The van der Waals surface area contributed by atoms with Crippen LogP contribution in [0.2, 0.25) is 0 Å². The van der Waals surface area contributed by atoms with E-state index in [9.17, 15) is 0 Å². The van der Waals surface area contributed by atoms with E-state index in [2.05, 4.69) is 49.3 Å². The SMILES string of the molecule is COc1ccc(Br)c(NCc2ccc(Br)s2)c1. The molecule has 0 bridgehead atoms. The Bertz CT molecular complexity index is 513. The molecule has 0 saturated carbocycles. The highest BCUT2D eigenvalue weighted by molar-refractivity contribution is 9.11. The normalized spacial score (nSPS) is 10.3. The molecule has 1 aromatic carbocycles. The maximum absolute atomic E-state index is 5.20. The molecular weight excluding hydrogens is 366 g/mol. The third-order valence-corrected chi connectivity index (χ3v) is 4.57. The van der Waals surface area contributed by atoms with Crippen molar-refractivity contribution in [2.75, 3.05) is 12.4 Å². The summed E-state index contributed by atoms with van der Waals surface area (Å²) in [6, 6.07) is 10.0. The summed E-state index contributed by atoms with van der Waals surface area (Å²) in [4.78, 5) is 1.28. The molecule has 1 heterocycles. The summed E-state index contributed by atoms with van der Waals surface area (Å²) in [5, 5.41) is 3.38. The number of methoxy groups -OCH3 is 1. The first-order chi connectivity index (χ1) is 8.19. The number of thiophene rings is 1. The summed E-state index contributed by atoms with van der Waals surface area (Å²) in [5.41, 5.74) is 1.04. The van der Waals surface area contributed by atoms with Gasteiger partial charge in [-0.2, -0.15) is 0 Å². The van der Waals surface area contributed by atoms with Crippen LogP contribution in [-0.2, 0) is 6.54 Å². The molecule has 0 aliphatic rings. The van der Waals surface area contributed by atoms with Gasteiger partial charge in [-0.3, -0.25) is 0 Å². The van der Waals surface area contributed by atoms with Gasteiger partial charge < -0.3 is 10.1 Å². The molecule has 2 nitrogen and oxygen atoms in total. The second-order valence-corrected chi connectivity index (χ2v) is 6.81. The first-order valence-electron chi connectivity index (χ1n) is 5.00. The van der Waals surface area contributed by atoms with Crippen LogP contribution in [0.3, 0.4) is 0 Å². The predicted octanol–water partition coefficient (Wildman–Crippen LogP) is 4.89. The Morgan fingerprint density at radius 1 is 1.24 bits per heavy atom. The highest BCUT2D eigenvalue weighted by Gasteiger charge is 2.03. The van der Waals surface area contributed by atoms with Crippen LogP contribution in [0.4, 0.5) is 5.69 Å². The van der Waals surface area contributed by atoms with Crippen molar-refractivity contribution in [2.45, 2.75) is 6.54 Å². The quantitative estimate of drug-likeness (QED) is 0.819. The molecule has 0 fully saturated rings. The molecule has 90 valence electrons. The van der Waals surface area contributed by atoms with E-state index in [-0.39, 0.29) is 0 Å². The molecule has 0 amide bonds. The maximum Gasteiger partial charge on any atom is 0.121 e. The lowest BCUT2D eigenvalue weighted by Gasteiger charge is -2.09. The topological polar surface area (TPSA) is 21.3 Å². The van der Waals surface area contributed by atoms with E-state index in [1.165, 1.54) is 4.88 Å². The summed E-state index contributed by atoms with van der Waals surface area (Å²) in [7, 11) is 1.67. The molecule has 2 aromatic rings. The van der Waals surface area contributed by atoms with E-state index < -0.39 is 0 Å². The van der Waals surface area contributed by atoms with Crippen LogP contribution in [0.5, 0.6) is 5.75 Å². The van der Waals surface area contributed by atoms with Crippen molar-refractivity contribution in [1.29, 1.82) is 0 Å². The zero-order valence-electron chi connectivity index (χ0n) is 9.17. The summed E-state index contributed by atoms with van der Waals surface area (Å²) in [6.07, 6.45) is 0. The van der Waals surface area contributed by atoms with Crippen molar-refractivity contribution in [3.05, 3.63) is 43.5 Å². The third kappa shape index (κ3) is 3.47. The van der Waals surface area contributed by atoms with E-state index in [0.29, 0.717) is 0 Å². The number of benzene rings is 1. The Morgan fingerprint density at radius 3 is 2.71 bits per heavy atom. The predicted molar refractivity (Wildman–Crippen MR) is 80.0 cm³/mol. The van der Waals surface area contributed by atoms with Crippen molar-refractivity contribution in [3.8, 4) is 5.75 Å². The van der Waals surface area contributed by atoms with E-state index in [0.717, 1.165) is 26.2 Å². The molecular formula is C12H11Br2NOS. The van der Waals surface area contributed by atoms with Gasteiger partial charge in [0, 0.05) is 22.0 Å². The number of hydrogen-bond donors (Lipinski definition) is 1. The van der Waals surface area contributed by atoms with Crippen LogP contribution in [0.1, 0.15) is 4.88 Å². The Morgan fingerprint density at radius 2 is 2.06 bits per heavy atom. The molecule has 0 spiro atoms. The van der Waals surface area contributed by atoms with Crippen molar-refractivity contribution in [3.63, 3.8) is 0 Å². The number of anilines is 1. The fourth-order valence-corrected chi connectivity index (χ4v) is 3.21. The highest BCUT2D eigenvalue weighted by Crippen LogP contribution is 2.28. The van der Waals surface area contributed by atoms with Crippen molar-refractivity contribution in [1.82, 2.24) is 0 Å². The van der Waals surface area contributed by atoms with Crippen LogP contribution in [-0.4, -0.2) is 7.11 Å². The first-order valence-corrected chi connectivity index (χ1v) is 7.41. The molecule has 0 saturated heterocycles. The second-order valence-electron chi connectivity index (χ2n) is 3.41. The van der Waals surface area contributed by atoms with Gasteiger partial charge >= 0.3 is 0 Å². The number of hydrogen-bond acceptors (Lipinski definition) is 3. The maximum atomic E-state index is 5.20. The molecule has 0 atom stereocenters. The van der Waals surface area contributed by atoms with E-state index in [1.54, 1.807) is 18.4 Å². The molecule has 1 N–H and O–H groups in total. The van der Waals surface area contributed by atoms with Gasteiger partial charge in [-0.1, -0.05) is 0 Å². The Hall–Kier alpha value is -0.520. The monoisotopic (exact) mass is 375 g/mol. The number of ether oxygens (including phenoxy) is 1. The summed E-state index contributed by atoms with van der Waals surface area (Å²) in [5.74, 6) is 0.850. The zero-order chi connectivity index (χ0) is 12.3. The van der Waals surface area contributed by atoms with Gasteiger partial charge in [0.05, 0.1) is 16.6 Å². The minimum absolute atomic E-state index is 0.808. The summed E-state index contributed by atoms with van der Waals surface area (Å²) in [6.45, 7) is 0.808. The minimum atomic E-state index is 0.808. The van der Waals surface area contributed by atoms with E-state index >= 15 is 0 Å². The first kappa shape index (κ1) is 12.9. The Kier molecular flexibility index (Phi) is 4.48. The van der Waals surface area contributed by atoms with Gasteiger partial charge in [-0.25, -0.2) is 0 Å². The average molecular weight is 377 g/mol. The van der Waals surface area contributed by atoms with Crippen molar-refractivity contribution < 1.29 is 4.74 Å². The molecule has 0 unspecified atom stereocenters. The third-order valence-electron chi connectivity index (χ3n) is 2.26. The van der Waals surface area contributed by atoms with Crippen LogP contribution >= 0.6 is 43.2 Å². The summed E-state index contributed by atoms with van der Waals surface area (Å²) < 4.78 is 7.39. The van der Waals surface area contributed by atoms with Crippen LogP contribution in [0.25, 0.3) is 0 Å². The molecule has 5 heteroatoms. The molecule has 1 aromatic heterocycles. The largest absolute Gasteiger partial charge is 0.497 e. The van der Waals surface area contributed by atoms with E-state index in [1.807, 2.05) is 18.2 Å². The van der Waals surface area contributed by atoms with Crippen LogP contribution < -0.4 is 10.1 Å². The molecule has 0 aliphatic heterocycles. The molecule has 2 rings (SSSR count). The fraction of sp³-hybridized carbons (Fsp3) is 0.167. The van der Waals surface area contributed by atoms with Gasteiger partial charge in [-0.15, -0.1) is 11.3 Å². The molecule has 0 aliphatic carbocycles. The number of halogens is 2.